The molecule has 1 saturated carbocycles. The number of alkyl carbamates (subject to hydrolysis) is 1. The summed E-state index contributed by atoms with van der Waals surface area (Å²) >= 11 is 0. The highest BCUT2D eigenvalue weighted by Crippen LogP contribution is 2.37. The Kier molecular flexibility index (Phi) is 6.79. The molecule has 1 aliphatic rings. The fourth-order valence-electron chi connectivity index (χ4n) is 3.97. The molecule has 0 saturated heterocycles. The van der Waals surface area contributed by atoms with Crippen LogP contribution in [-0.2, 0) is 4.74 Å². The van der Waals surface area contributed by atoms with Crippen molar-refractivity contribution in [1.29, 1.82) is 0 Å². The second-order valence-electron chi connectivity index (χ2n) is 7.82. The van der Waals surface area contributed by atoms with Gasteiger partial charge in [-0.3, -0.25) is 0 Å². The predicted octanol–water partition coefficient (Wildman–Crippen LogP) is 4.41. The number of anilines is 2. The third-order valence-electron chi connectivity index (χ3n) is 5.69. The van der Waals surface area contributed by atoms with E-state index < -0.39 is 6.09 Å². The Balaban J connectivity index is 1.55. The third-order valence-corrected chi connectivity index (χ3v) is 5.69. The van der Waals surface area contributed by atoms with Gasteiger partial charge in [-0.25, -0.2) is 14.8 Å². The van der Waals surface area contributed by atoms with Crippen LogP contribution in [0.4, 0.5) is 16.3 Å². The smallest absolute Gasteiger partial charge is 0.407 e. The summed E-state index contributed by atoms with van der Waals surface area (Å²) in [5.41, 5.74) is 2.34. The minimum absolute atomic E-state index is 0.0143. The van der Waals surface area contributed by atoms with Crippen LogP contribution in [0.5, 0.6) is 11.5 Å². The van der Waals surface area contributed by atoms with Gasteiger partial charge in [0.05, 0.1) is 25.8 Å². The van der Waals surface area contributed by atoms with E-state index in [0.29, 0.717) is 17.3 Å². The third kappa shape index (κ3) is 5.26. The van der Waals surface area contributed by atoms with Gasteiger partial charge in [0, 0.05) is 28.7 Å². The summed E-state index contributed by atoms with van der Waals surface area (Å²) in [6.07, 6.45) is 9.90. The van der Waals surface area contributed by atoms with E-state index in [0.717, 1.165) is 47.8 Å². The quantitative estimate of drug-likeness (QED) is 0.542. The second kappa shape index (κ2) is 10.1. The van der Waals surface area contributed by atoms with Gasteiger partial charge >= 0.3 is 6.09 Å². The molecular formula is C25H26N4O4. The molecule has 8 heteroatoms. The molecule has 0 bridgehead atoms. The van der Waals surface area contributed by atoms with Crippen molar-refractivity contribution >= 4 is 28.5 Å². The molecular weight excluding hydrogens is 420 g/mol. The molecule has 1 amide bonds. The fourth-order valence-corrected chi connectivity index (χ4v) is 3.97. The van der Waals surface area contributed by atoms with Gasteiger partial charge in [0.1, 0.15) is 12.1 Å². The number of amides is 1. The van der Waals surface area contributed by atoms with E-state index in [1.54, 1.807) is 7.11 Å². The SMILES string of the molecule is C#Cc1cccc(Nc2ncnc3cc(OC)c(O[C@H]4CC[C@@H](NC(=O)OC)CC4)cc23)c1. The molecule has 0 atom stereocenters. The van der Waals surface area contributed by atoms with Crippen LogP contribution in [0.2, 0.25) is 0 Å². The van der Waals surface area contributed by atoms with Gasteiger partial charge in [0.2, 0.25) is 0 Å². The molecule has 1 heterocycles. The lowest BCUT2D eigenvalue weighted by molar-refractivity contribution is 0.126. The van der Waals surface area contributed by atoms with E-state index in [4.69, 9.17) is 15.9 Å². The summed E-state index contributed by atoms with van der Waals surface area (Å²) < 4.78 is 16.6. The van der Waals surface area contributed by atoms with Crippen LogP contribution in [0.25, 0.3) is 10.9 Å². The molecule has 0 aliphatic heterocycles. The number of rotatable bonds is 6. The number of benzene rings is 2. The summed E-state index contributed by atoms with van der Waals surface area (Å²) in [4.78, 5) is 20.3. The van der Waals surface area contributed by atoms with E-state index in [9.17, 15) is 4.79 Å². The van der Waals surface area contributed by atoms with Crippen molar-refractivity contribution in [3.05, 3.63) is 48.3 Å². The maximum Gasteiger partial charge on any atom is 0.407 e. The molecule has 4 rings (SSSR count). The van der Waals surface area contributed by atoms with Crippen LogP contribution in [-0.4, -0.2) is 42.4 Å². The van der Waals surface area contributed by atoms with Gasteiger partial charge in [-0.15, -0.1) is 6.42 Å². The number of carbonyl (C=O) groups is 1. The summed E-state index contributed by atoms with van der Waals surface area (Å²) in [6.45, 7) is 0. The van der Waals surface area contributed by atoms with Crippen molar-refractivity contribution in [3.8, 4) is 23.8 Å². The molecule has 170 valence electrons. The molecule has 0 radical (unpaired) electrons. The van der Waals surface area contributed by atoms with Crippen LogP contribution >= 0.6 is 0 Å². The molecule has 2 aromatic carbocycles. The minimum Gasteiger partial charge on any atom is -0.493 e. The molecule has 0 unspecified atom stereocenters. The number of hydrogen-bond acceptors (Lipinski definition) is 7. The molecule has 0 spiro atoms. The number of hydrogen-bond donors (Lipinski definition) is 2. The van der Waals surface area contributed by atoms with Gasteiger partial charge in [-0.05, 0) is 49.9 Å². The molecule has 1 aliphatic carbocycles. The molecule has 3 aromatic rings. The maximum absolute atomic E-state index is 11.5. The Bertz CT molecular complexity index is 1180. The lowest BCUT2D eigenvalue weighted by Gasteiger charge is -2.29. The van der Waals surface area contributed by atoms with Gasteiger partial charge < -0.3 is 24.8 Å². The predicted molar refractivity (Wildman–Crippen MR) is 126 cm³/mol. The lowest BCUT2D eigenvalue weighted by Crippen LogP contribution is -2.39. The van der Waals surface area contributed by atoms with Crippen molar-refractivity contribution in [2.75, 3.05) is 19.5 Å². The van der Waals surface area contributed by atoms with Gasteiger partial charge in [-0.2, -0.15) is 0 Å². The Morgan fingerprint density at radius 2 is 1.91 bits per heavy atom. The Hall–Kier alpha value is -3.99. The Labute approximate surface area is 192 Å². The minimum atomic E-state index is -0.400. The standard InChI is InChI=1S/C25H26N4O4/c1-4-16-6-5-7-18(12-16)28-24-20-13-23(22(31-2)14-21(20)26-15-27-24)33-19-10-8-17(9-11-19)29-25(30)32-3/h1,5-7,12-15,17,19H,8-11H2,2-3H3,(H,29,30)(H,26,27,28)/t17-,19+. The zero-order valence-electron chi connectivity index (χ0n) is 18.6. The van der Waals surface area contributed by atoms with Crippen LogP contribution in [0.3, 0.4) is 0 Å². The fraction of sp³-hybridized carbons (Fsp3) is 0.320. The number of methoxy groups -OCH3 is 2. The van der Waals surface area contributed by atoms with Crippen LogP contribution in [0.15, 0.2) is 42.7 Å². The number of terminal acetylenes is 1. The second-order valence-corrected chi connectivity index (χ2v) is 7.82. The number of aromatic nitrogens is 2. The Morgan fingerprint density at radius 1 is 1.09 bits per heavy atom. The molecule has 1 aromatic heterocycles. The molecule has 8 nitrogen and oxygen atoms in total. The van der Waals surface area contributed by atoms with Crippen LogP contribution in [0, 0.1) is 12.3 Å². The van der Waals surface area contributed by atoms with Crippen molar-refractivity contribution < 1.29 is 19.0 Å². The van der Waals surface area contributed by atoms with Gasteiger partial charge in [0.15, 0.2) is 11.5 Å². The van der Waals surface area contributed by atoms with Crippen molar-refractivity contribution in [2.45, 2.75) is 37.8 Å². The highest BCUT2D eigenvalue weighted by Gasteiger charge is 2.25. The number of fused-ring (bicyclic) bond motifs is 1. The molecule has 2 N–H and O–H groups in total. The van der Waals surface area contributed by atoms with Crippen molar-refractivity contribution in [2.24, 2.45) is 0 Å². The molecule has 33 heavy (non-hydrogen) atoms. The summed E-state index contributed by atoms with van der Waals surface area (Å²) in [5, 5.41) is 6.99. The highest BCUT2D eigenvalue weighted by atomic mass is 16.5. The average molecular weight is 447 g/mol. The van der Waals surface area contributed by atoms with Gasteiger partial charge in [-0.1, -0.05) is 12.0 Å². The maximum atomic E-state index is 11.5. The van der Waals surface area contributed by atoms with E-state index in [-0.39, 0.29) is 12.1 Å². The zero-order valence-corrected chi connectivity index (χ0v) is 18.6. The van der Waals surface area contributed by atoms with Crippen molar-refractivity contribution in [3.63, 3.8) is 0 Å². The summed E-state index contributed by atoms with van der Waals surface area (Å²) in [5.74, 6) is 4.52. The van der Waals surface area contributed by atoms with E-state index >= 15 is 0 Å². The van der Waals surface area contributed by atoms with Crippen LogP contribution < -0.4 is 20.1 Å². The number of ether oxygens (including phenoxy) is 3. The van der Waals surface area contributed by atoms with E-state index in [2.05, 4.69) is 31.3 Å². The monoisotopic (exact) mass is 446 g/mol. The summed E-state index contributed by atoms with van der Waals surface area (Å²) in [6, 6.07) is 11.4. The summed E-state index contributed by atoms with van der Waals surface area (Å²) in [7, 11) is 2.98. The van der Waals surface area contributed by atoms with Crippen LogP contribution in [0.1, 0.15) is 31.2 Å². The topological polar surface area (TPSA) is 94.6 Å². The number of nitrogens with one attached hydrogen (secondary N) is 2. The normalized spacial score (nSPS) is 17.6. The Morgan fingerprint density at radius 3 is 2.64 bits per heavy atom. The largest absolute Gasteiger partial charge is 0.493 e. The average Bonchev–Trinajstić information content (AvgIpc) is 2.85. The first-order valence-corrected chi connectivity index (χ1v) is 10.8. The zero-order chi connectivity index (χ0) is 23.2. The molecule has 1 fully saturated rings. The highest BCUT2D eigenvalue weighted by molar-refractivity contribution is 5.93. The lowest BCUT2D eigenvalue weighted by atomic mass is 9.93. The number of nitrogens with zero attached hydrogens (tertiary/aromatic N) is 2. The first-order valence-electron chi connectivity index (χ1n) is 10.8. The van der Waals surface area contributed by atoms with Gasteiger partial charge in [0.25, 0.3) is 0 Å². The van der Waals surface area contributed by atoms with E-state index in [1.807, 2.05) is 36.4 Å². The van der Waals surface area contributed by atoms with E-state index in [1.165, 1.54) is 13.4 Å². The number of carbonyl (C=O) groups excluding carboxylic acids is 1. The first kappa shape index (κ1) is 22.2. The first-order chi connectivity index (χ1) is 16.1. The van der Waals surface area contributed by atoms with Crippen molar-refractivity contribution in [1.82, 2.24) is 15.3 Å².